The average molecular weight is 359 g/mol. The van der Waals surface area contributed by atoms with Gasteiger partial charge in [-0.05, 0) is 6.37 Å². The van der Waals surface area contributed by atoms with Gasteiger partial charge < -0.3 is 5.11 Å². The third-order valence-electron chi connectivity index (χ3n) is 1.04. The molecule has 0 atom stereocenters. The Hall–Kier alpha value is 1.11. The van der Waals surface area contributed by atoms with Crippen molar-refractivity contribution in [3.63, 3.8) is 0 Å². The standard InChI is InChI=1S/C18H36O2.K/c1-2-3-4-5-6-7-8-9-10-11-12-13-14-15-16-17-18(19)20;/h2-17H2,1H3,(H,19,20);/i1D3,2D2,3D2,4D2,5D2,6D2,7D2,8D2,9D2,10D2,11D2,12D2,13D2,14D2,15D2,16D2,17D2;. The van der Waals surface area contributed by atoms with E-state index in [1.54, 1.807) is 0 Å². The quantitative estimate of drug-likeness (QED) is 0.346. The van der Waals surface area contributed by atoms with E-state index in [-0.39, 0.29) is 51.4 Å². The summed E-state index contributed by atoms with van der Waals surface area (Å²) >= 11 is 0. The predicted octanol–water partition coefficient (Wildman–Crippen LogP) is 5.95. The van der Waals surface area contributed by atoms with Crippen LogP contribution < -0.4 is 0 Å². The Balaban J connectivity index is 0. The van der Waals surface area contributed by atoms with Gasteiger partial charge >= 0.3 is 5.97 Å². The summed E-state index contributed by atoms with van der Waals surface area (Å²) in [7, 11) is 0. The topological polar surface area (TPSA) is 37.3 Å². The van der Waals surface area contributed by atoms with Crippen molar-refractivity contribution in [2.75, 3.05) is 0 Å². The first kappa shape index (κ1) is 3.24. The smallest absolute Gasteiger partial charge is 0.303 e. The van der Waals surface area contributed by atoms with Gasteiger partial charge in [0.15, 0.2) is 0 Å². The molecule has 0 saturated heterocycles. The molecular weight excluding hydrogens is 287 g/mol. The first-order valence-electron chi connectivity index (χ1n) is 22.2. The zero-order valence-corrected chi connectivity index (χ0v) is 14.0. The van der Waals surface area contributed by atoms with Gasteiger partial charge in [-0.3, -0.25) is 4.79 Å². The van der Waals surface area contributed by atoms with E-state index in [2.05, 4.69) is 0 Å². The Kier molecular flexibility index (Phi) is 3.26. The van der Waals surface area contributed by atoms with Crippen molar-refractivity contribution < 1.29 is 57.9 Å². The molecule has 21 heavy (non-hydrogen) atoms. The minimum absolute atomic E-state index is 0. The van der Waals surface area contributed by atoms with Crippen molar-refractivity contribution in [3.8, 4) is 0 Å². The van der Waals surface area contributed by atoms with Crippen LogP contribution in [0.5, 0.6) is 0 Å². The van der Waals surface area contributed by atoms with Crippen LogP contribution in [0, 0.1) is 0 Å². The molecular formula is C18H36KO2. The number of carbonyl (C=O) groups is 1. The summed E-state index contributed by atoms with van der Waals surface area (Å²) in [6.45, 7) is -4.15. The molecule has 0 amide bonds. The van der Waals surface area contributed by atoms with E-state index in [0.717, 1.165) is 0 Å². The van der Waals surface area contributed by atoms with Crippen LogP contribution in [0.15, 0.2) is 0 Å². The summed E-state index contributed by atoms with van der Waals surface area (Å²) in [6.07, 6.45) is -79.8. The molecule has 0 fully saturated rings. The Bertz CT molecular complexity index is 1450. The van der Waals surface area contributed by atoms with Crippen LogP contribution >= 0.6 is 0 Å². The molecule has 0 aliphatic rings. The van der Waals surface area contributed by atoms with Gasteiger partial charge in [0.05, 0.1) is 0 Å². The van der Waals surface area contributed by atoms with Crippen molar-refractivity contribution in [2.45, 2.75) is 109 Å². The molecule has 0 spiro atoms. The van der Waals surface area contributed by atoms with Gasteiger partial charge in [0.1, 0.15) is 0 Å². The van der Waals surface area contributed by atoms with Gasteiger partial charge in [-0.15, -0.1) is 0 Å². The molecule has 0 aliphatic heterocycles. The predicted molar refractivity (Wildman–Crippen MR) is 92.9 cm³/mol. The molecule has 0 aromatic rings. The summed E-state index contributed by atoms with van der Waals surface area (Å²) in [6, 6.07) is 0. The number of hydrogen-bond acceptors (Lipinski definition) is 1. The SMILES string of the molecule is [2H]C([2H])([2H])C([2H])([2H])C([2H])([2H])C([2H])([2H])C([2H])([2H])C([2H])([2H])C([2H])([2H])C([2H])([2H])C([2H])([2H])C([2H])([2H])C([2H])([2H])C([2H])([2H])C([2H])([2H])C([2H])([2H])C([2H])([2H])C([2H])([2H])C([2H])([2H])C(=O)O.[K]. The summed E-state index contributed by atoms with van der Waals surface area (Å²) in [4.78, 5) is 11.4. The second kappa shape index (κ2) is 21.1. The summed E-state index contributed by atoms with van der Waals surface area (Å²) in [5.74, 6) is -2.80. The molecule has 0 rings (SSSR count). The fraction of sp³-hybridized carbons (Fsp3) is 0.944. The molecule has 0 aromatic carbocycles. The van der Waals surface area contributed by atoms with Crippen LogP contribution in [-0.4, -0.2) is 62.5 Å². The first-order chi connectivity index (χ1) is 22.9. The molecule has 0 aliphatic carbocycles. The summed E-state index contributed by atoms with van der Waals surface area (Å²) < 4.78 is 277. The molecule has 0 saturated carbocycles. The molecule has 0 bridgehead atoms. The fourth-order valence-corrected chi connectivity index (χ4v) is 0.491. The van der Waals surface area contributed by atoms with Gasteiger partial charge in [-0.2, -0.15) is 0 Å². The number of hydrogen-bond donors (Lipinski definition) is 1. The zero-order chi connectivity index (χ0) is 46.1. The molecule has 121 valence electrons. The maximum atomic E-state index is 11.4. The summed E-state index contributed by atoms with van der Waals surface area (Å²) in [5, 5.41) is 9.08. The van der Waals surface area contributed by atoms with Gasteiger partial charge in [-0.25, -0.2) is 0 Å². The van der Waals surface area contributed by atoms with Crippen LogP contribution in [0.1, 0.15) is 157 Å². The normalized spacial score (nSPS) is 46.6. The van der Waals surface area contributed by atoms with Crippen molar-refractivity contribution in [1.82, 2.24) is 0 Å². The molecule has 0 heterocycles. The monoisotopic (exact) mass is 358 g/mol. The van der Waals surface area contributed by atoms with E-state index in [0.29, 0.717) is 0 Å². The average Bonchev–Trinajstić information content (AvgIpc) is 2.94. The van der Waals surface area contributed by atoms with E-state index < -0.39 is 115 Å². The maximum Gasteiger partial charge on any atom is 0.303 e. The number of aliphatic carboxylic acids is 1. The van der Waals surface area contributed by atoms with E-state index in [9.17, 15) is 4.79 Å². The van der Waals surface area contributed by atoms with Gasteiger partial charge in [0.2, 0.25) is 0 Å². The maximum absolute atomic E-state index is 11.4. The van der Waals surface area contributed by atoms with Gasteiger partial charge in [0, 0.05) is 106 Å². The minimum Gasteiger partial charge on any atom is -0.481 e. The number of rotatable bonds is 16. The molecule has 0 aromatic heterocycles. The molecule has 1 radical (unpaired) electrons. The van der Waals surface area contributed by atoms with E-state index >= 15 is 0 Å². The molecule has 2 nitrogen and oxygen atoms in total. The van der Waals surface area contributed by atoms with Crippen LogP contribution in [0.3, 0.4) is 0 Å². The van der Waals surface area contributed by atoms with E-state index in [1.807, 2.05) is 0 Å². The van der Waals surface area contributed by atoms with Crippen LogP contribution in [0.2, 0.25) is 0 Å². The van der Waals surface area contributed by atoms with Crippen molar-refractivity contribution >= 4 is 57.4 Å². The summed E-state index contributed by atoms with van der Waals surface area (Å²) in [5.41, 5.74) is 0. The Labute approximate surface area is 224 Å². The third kappa shape index (κ3) is 23.5. The fourth-order valence-electron chi connectivity index (χ4n) is 0.491. The molecule has 1 N–H and O–H groups in total. The Morgan fingerprint density at radius 2 is 1.10 bits per heavy atom. The largest absolute Gasteiger partial charge is 0.481 e. The second-order valence-corrected chi connectivity index (χ2v) is 2.31. The zero-order valence-electron chi connectivity index (χ0n) is 45.9. The van der Waals surface area contributed by atoms with Crippen molar-refractivity contribution in [2.24, 2.45) is 0 Å². The Morgan fingerprint density at radius 3 is 1.43 bits per heavy atom. The minimum atomic E-state index is -5.25. The number of carboxylic acids is 1. The van der Waals surface area contributed by atoms with Crippen LogP contribution in [0.25, 0.3) is 0 Å². The van der Waals surface area contributed by atoms with Crippen LogP contribution in [-0.2, 0) is 4.79 Å². The second-order valence-electron chi connectivity index (χ2n) is 2.31. The van der Waals surface area contributed by atoms with Crippen molar-refractivity contribution in [1.29, 1.82) is 0 Å². The van der Waals surface area contributed by atoms with Gasteiger partial charge in [0.25, 0.3) is 0 Å². The molecule has 0 unspecified atom stereocenters. The van der Waals surface area contributed by atoms with Crippen molar-refractivity contribution in [3.05, 3.63) is 0 Å². The van der Waals surface area contributed by atoms with E-state index in [1.165, 1.54) is 0 Å². The van der Waals surface area contributed by atoms with E-state index in [4.69, 9.17) is 53.1 Å². The van der Waals surface area contributed by atoms with Crippen LogP contribution in [0.4, 0.5) is 0 Å². The third-order valence-corrected chi connectivity index (χ3v) is 1.04. The first-order valence-corrected chi connectivity index (χ1v) is 4.68. The Morgan fingerprint density at radius 1 is 0.762 bits per heavy atom. The molecule has 3 heteroatoms. The number of carboxylic acid groups (broad SMARTS) is 1. The van der Waals surface area contributed by atoms with Gasteiger partial charge in [-0.1, -0.05) is 96.1 Å².